The van der Waals surface area contributed by atoms with Crippen LogP contribution in [-0.4, -0.2) is 69.7 Å². The second kappa shape index (κ2) is 9.35. The molecule has 1 aliphatic rings. The lowest BCUT2D eigenvalue weighted by Gasteiger charge is -2.19. The third-order valence-corrected chi connectivity index (χ3v) is 6.45. The molecule has 0 radical (unpaired) electrons. The highest BCUT2D eigenvalue weighted by molar-refractivity contribution is 6.03. The minimum absolute atomic E-state index is 0.0217. The SMILES string of the molecule is CN(C)CCCN(C)C(=O)c1ccc2c(-c3c(-c4ccccn4)nn4c3CCC4)ccnc2c1. The Hall–Kier alpha value is -3.58. The molecule has 4 aromatic rings. The number of amides is 1. The monoisotopic (exact) mass is 454 g/mol. The van der Waals surface area contributed by atoms with E-state index in [1.165, 1.54) is 5.69 Å². The highest BCUT2D eigenvalue weighted by Crippen LogP contribution is 2.39. The largest absolute Gasteiger partial charge is 0.342 e. The Morgan fingerprint density at radius 1 is 1.03 bits per heavy atom. The highest BCUT2D eigenvalue weighted by atomic mass is 16.2. The fourth-order valence-electron chi connectivity index (χ4n) is 4.74. The van der Waals surface area contributed by atoms with Gasteiger partial charge in [-0.3, -0.25) is 19.4 Å². The van der Waals surface area contributed by atoms with E-state index in [0.717, 1.165) is 72.3 Å². The first-order valence-corrected chi connectivity index (χ1v) is 11.8. The number of benzene rings is 1. The molecule has 1 aliphatic heterocycles. The smallest absolute Gasteiger partial charge is 0.253 e. The van der Waals surface area contributed by atoms with Crippen LogP contribution in [0.25, 0.3) is 33.4 Å². The van der Waals surface area contributed by atoms with Crippen LogP contribution in [-0.2, 0) is 13.0 Å². The van der Waals surface area contributed by atoms with Gasteiger partial charge >= 0.3 is 0 Å². The van der Waals surface area contributed by atoms with Crippen LogP contribution in [0.5, 0.6) is 0 Å². The average molecular weight is 455 g/mol. The molecular weight excluding hydrogens is 424 g/mol. The average Bonchev–Trinajstić information content (AvgIpc) is 3.44. The highest BCUT2D eigenvalue weighted by Gasteiger charge is 2.25. The maximum absolute atomic E-state index is 13.0. The first-order chi connectivity index (χ1) is 16.5. The number of fused-ring (bicyclic) bond motifs is 2. The first kappa shape index (κ1) is 22.2. The second-order valence-corrected chi connectivity index (χ2v) is 9.19. The molecule has 0 unspecified atom stereocenters. The molecule has 0 saturated carbocycles. The molecule has 0 fully saturated rings. The molecular formula is C27H30N6O. The fourth-order valence-corrected chi connectivity index (χ4v) is 4.74. The number of carbonyl (C=O) groups is 1. The van der Waals surface area contributed by atoms with Gasteiger partial charge in [-0.05, 0) is 75.8 Å². The Kier molecular flexibility index (Phi) is 6.11. The van der Waals surface area contributed by atoms with Crippen LogP contribution in [0.1, 0.15) is 28.9 Å². The van der Waals surface area contributed by atoms with Gasteiger partial charge in [-0.1, -0.05) is 12.1 Å². The quantitative estimate of drug-likeness (QED) is 0.420. The Labute approximate surface area is 200 Å². The van der Waals surface area contributed by atoms with E-state index in [0.29, 0.717) is 5.56 Å². The van der Waals surface area contributed by atoms with Gasteiger partial charge in [0.05, 0.1) is 11.2 Å². The predicted octanol–water partition coefficient (Wildman–Crippen LogP) is 4.13. The van der Waals surface area contributed by atoms with Crippen molar-refractivity contribution >= 4 is 16.8 Å². The Balaban J connectivity index is 1.53. The summed E-state index contributed by atoms with van der Waals surface area (Å²) < 4.78 is 2.12. The summed E-state index contributed by atoms with van der Waals surface area (Å²) >= 11 is 0. The van der Waals surface area contributed by atoms with Gasteiger partial charge in [-0.2, -0.15) is 5.10 Å². The molecule has 4 heterocycles. The van der Waals surface area contributed by atoms with E-state index >= 15 is 0 Å². The zero-order valence-corrected chi connectivity index (χ0v) is 20.0. The maximum Gasteiger partial charge on any atom is 0.253 e. The van der Waals surface area contributed by atoms with Crippen LogP contribution >= 0.6 is 0 Å². The van der Waals surface area contributed by atoms with Crippen molar-refractivity contribution in [3.8, 4) is 22.5 Å². The van der Waals surface area contributed by atoms with Crippen LogP contribution in [0.2, 0.25) is 0 Å². The summed E-state index contributed by atoms with van der Waals surface area (Å²) in [5.74, 6) is 0.0217. The number of rotatable bonds is 7. The van der Waals surface area contributed by atoms with Gasteiger partial charge in [0.25, 0.3) is 5.91 Å². The summed E-state index contributed by atoms with van der Waals surface area (Å²) in [6.45, 7) is 2.60. The van der Waals surface area contributed by atoms with Crippen molar-refractivity contribution in [1.82, 2.24) is 29.5 Å². The summed E-state index contributed by atoms with van der Waals surface area (Å²) in [6, 6.07) is 13.8. The maximum atomic E-state index is 13.0. The van der Waals surface area contributed by atoms with Gasteiger partial charge < -0.3 is 9.80 Å². The summed E-state index contributed by atoms with van der Waals surface area (Å²) in [5.41, 5.74) is 6.72. The minimum atomic E-state index is 0.0217. The van der Waals surface area contributed by atoms with Crippen LogP contribution in [0.3, 0.4) is 0 Å². The van der Waals surface area contributed by atoms with Gasteiger partial charge in [0.1, 0.15) is 5.69 Å². The van der Waals surface area contributed by atoms with Crippen molar-refractivity contribution < 1.29 is 4.79 Å². The predicted molar refractivity (Wildman–Crippen MR) is 135 cm³/mol. The molecule has 1 amide bonds. The zero-order chi connectivity index (χ0) is 23.7. The van der Waals surface area contributed by atoms with Gasteiger partial charge in [0.2, 0.25) is 0 Å². The molecule has 1 aromatic carbocycles. The van der Waals surface area contributed by atoms with Crippen molar-refractivity contribution in [2.75, 3.05) is 34.2 Å². The summed E-state index contributed by atoms with van der Waals surface area (Å²) in [6.07, 6.45) is 6.66. The molecule has 5 rings (SSSR count). The number of carbonyl (C=O) groups excluding carboxylic acids is 1. The number of hydrogen-bond donors (Lipinski definition) is 0. The molecule has 0 aliphatic carbocycles. The van der Waals surface area contributed by atoms with Gasteiger partial charge in [0, 0.05) is 54.7 Å². The summed E-state index contributed by atoms with van der Waals surface area (Å²) in [4.78, 5) is 26.1. The van der Waals surface area contributed by atoms with E-state index in [-0.39, 0.29) is 5.91 Å². The normalized spacial score (nSPS) is 12.9. The van der Waals surface area contributed by atoms with Crippen molar-refractivity contribution in [1.29, 1.82) is 0 Å². The number of hydrogen-bond acceptors (Lipinski definition) is 5. The summed E-state index contributed by atoms with van der Waals surface area (Å²) in [5, 5.41) is 5.95. The van der Waals surface area contributed by atoms with E-state index in [1.807, 2.05) is 63.7 Å². The molecule has 0 bridgehead atoms. The molecule has 0 saturated heterocycles. The van der Waals surface area contributed by atoms with Crippen LogP contribution in [0.15, 0.2) is 54.9 Å². The van der Waals surface area contributed by atoms with E-state index in [9.17, 15) is 4.79 Å². The molecule has 7 nitrogen and oxygen atoms in total. The van der Waals surface area contributed by atoms with Crippen molar-refractivity contribution in [2.24, 2.45) is 0 Å². The van der Waals surface area contributed by atoms with E-state index < -0.39 is 0 Å². The standard InChI is InChI=1S/C27H30N6O/c1-31(2)15-7-16-32(3)27(34)19-10-11-20-21(12-14-29-23(20)18-19)25-24-9-6-17-33(24)30-26(25)22-8-4-5-13-28-22/h4-5,8,10-14,18H,6-7,9,15-17H2,1-3H3. The molecule has 0 spiro atoms. The van der Waals surface area contributed by atoms with Gasteiger partial charge in [-0.15, -0.1) is 0 Å². The van der Waals surface area contributed by atoms with E-state index in [4.69, 9.17) is 5.10 Å². The molecule has 0 atom stereocenters. The third-order valence-electron chi connectivity index (χ3n) is 6.45. The molecule has 0 N–H and O–H groups in total. The number of aryl methyl sites for hydroxylation is 1. The molecule has 34 heavy (non-hydrogen) atoms. The van der Waals surface area contributed by atoms with Crippen molar-refractivity contribution in [3.63, 3.8) is 0 Å². The Morgan fingerprint density at radius 3 is 2.71 bits per heavy atom. The zero-order valence-electron chi connectivity index (χ0n) is 20.0. The summed E-state index contributed by atoms with van der Waals surface area (Å²) in [7, 11) is 5.95. The van der Waals surface area contributed by atoms with Crippen LogP contribution in [0.4, 0.5) is 0 Å². The Morgan fingerprint density at radius 2 is 1.91 bits per heavy atom. The first-order valence-electron chi connectivity index (χ1n) is 11.8. The van der Waals surface area contributed by atoms with Gasteiger partial charge in [-0.25, -0.2) is 0 Å². The second-order valence-electron chi connectivity index (χ2n) is 9.19. The lowest BCUT2D eigenvalue weighted by Crippen LogP contribution is -2.29. The number of aromatic nitrogens is 4. The van der Waals surface area contributed by atoms with Crippen molar-refractivity contribution in [2.45, 2.75) is 25.8 Å². The third kappa shape index (κ3) is 4.19. The number of nitrogens with zero attached hydrogens (tertiary/aromatic N) is 6. The fraction of sp³-hybridized carbons (Fsp3) is 0.333. The van der Waals surface area contributed by atoms with Crippen molar-refractivity contribution in [3.05, 3.63) is 66.1 Å². The van der Waals surface area contributed by atoms with Gasteiger partial charge in [0.15, 0.2) is 0 Å². The van der Waals surface area contributed by atoms with Crippen LogP contribution < -0.4 is 0 Å². The molecule has 174 valence electrons. The molecule has 3 aromatic heterocycles. The number of pyridine rings is 2. The lowest BCUT2D eigenvalue weighted by atomic mass is 9.96. The minimum Gasteiger partial charge on any atom is -0.342 e. The molecule has 7 heteroatoms. The van der Waals surface area contributed by atoms with E-state index in [2.05, 4.69) is 25.6 Å². The van der Waals surface area contributed by atoms with Crippen LogP contribution in [0, 0.1) is 0 Å². The lowest BCUT2D eigenvalue weighted by molar-refractivity contribution is 0.0791. The Bertz CT molecular complexity index is 1330. The topological polar surface area (TPSA) is 67.2 Å². The van der Waals surface area contributed by atoms with E-state index in [1.54, 1.807) is 11.1 Å².